The summed E-state index contributed by atoms with van der Waals surface area (Å²) in [6, 6.07) is 6.89. The van der Waals surface area contributed by atoms with Gasteiger partial charge in [0, 0.05) is 9.93 Å². The van der Waals surface area contributed by atoms with Crippen LogP contribution in [0.2, 0.25) is 5.02 Å². The highest BCUT2D eigenvalue weighted by Gasteiger charge is 2.15. The van der Waals surface area contributed by atoms with Crippen LogP contribution in [0.3, 0.4) is 0 Å². The van der Waals surface area contributed by atoms with Gasteiger partial charge in [-0.1, -0.05) is 16.8 Å². The van der Waals surface area contributed by atoms with E-state index in [4.69, 9.17) is 17.1 Å². The van der Waals surface area contributed by atoms with Gasteiger partial charge in [-0.25, -0.2) is 4.68 Å². The molecular formula is C10H7ClN6O. The zero-order valence-electron chi connectivity index (χ0n) is 9.28. The number of halogens is 1. The van der Waals surface area contributed by atoms with Crippen molar-refractivity contribution in [1.82, 2.24) is 15.0 Å². The predicted octanol–water partition coefficient (Wildman–Crippen LogP) is 2.68. The molecule has 0 radical (unpaired) electrons. The van der Waals surface area contributed by atoms with Crippen molar-refractivity contribution in [2.45, 2.75) is 6.92 Å². The van der Waals surface area contributed by atoms with Gasteiger partial charge in [0.05, 0.1) is 11.4 Å². The fraction of sp³-hybridized carbons (Fsp3) is 0.100. The first-order valence-electron chi connectivity index (χ1n) is 4.91. The van der Waals surface area contributed by atoms with Crippen LogP contribution >= 0.6 is 11.6 Å². The number of azide groups is 1. The monoisotopic (exact) mass is 262 g/mol. The largest absolute Gasteiger partial charge is 0.285 e. The molecule has 0 saturated heterocycles. The van der Waals surface area contributed by atoms with Gasteiger partial charge in [-0.3, -0.25) is 4.79 Å². The van der Waals surface area contributed by atoms with Gasteiger partial charge in [0.2, 0.25) is 0 Å². The third-order valence-electron chi connectivity index (χ3n) is 2.30. The Hall–Kier alpha value is -2.37. The topological polar surface area (TPSA) is 96.5 Å². The minimum Gasteiger partial charge on any atom is -0.285 e. The summed E-state index contributed by atoms with van der Waals surface area (Å²) in [5.41, 5.74) is 9.45. The van der Waals surface area contributed by atoms with Gasteiger partial charge in [-0.2, -0.15) is 0 Å². The van der Waals surface area contributed by atoms with Gasteiger partial charge in [0.1, 0.15) is 0 Å². The quantitative estimate of drug-likeness (QED) is 0.473. The lowest BCUT2D eigenvalue weighted by Crippen LogP contribution is -2.01. The Morgan fingerprint density at radius 1 is 1.44 bits per heavy atom. The van der Waals surface area contributed by atoms with Crippen LogP contribution in [-0.4, -0.2) is 20.9 Å². The lowest BCUT2D eigenvalue weighted by atomic mass is 10.3. The molecule has 0 aliphatic heterocycles. The molecule has 18 heavy (non-hydrogen) atoms. The first-order valence-corrected chi connectivity index (χ1v) is 5.29. The van der Waals surface area contributed by atoms with Crippen molar-refractivity contribution in [2.24, 2.45) is 5.11 Å². The maximum atomic E-state index is 11.4. The number of rotatable bonds is 2. The van der Waals surface area contributed by atoms with E-state index in [1.165, 1.54) is 4.68 Å². The van der Waals surface area contributed by atoms with Gasteiger partial charge in [-0.15, -0.1) is 5.10 Å². The van der Waals surface area contributed by atoms with E-state index in [0.29, 0.717) is 16.4 Å². The Kier molecular flexibility index (Phi) is 3.27. The van der Waals surface area contributed by atoms with E-state index in [-0.39, 0.29) is 5.69 Å². The van der Waals surface area contributed by atoms with Crippen molar-refractivity contribution in [2.75, 3.05) is 0 Å². The Morgan fingerprint density at radius 3 is 2.72 bits per heavy atom. The van der Waals surface area contributed by atoms with Gasteiger partial charge in [0.25, 0.3) is 5.91 Å². The highest BCUT2D eigenvalue weighted by molar-refractivity contribution is 6.30. The molecule has 1 heterocycles. The van der Waals surface area contributed by atoms with Crippen LogP contribution < -0.4 is 0 Å². The molecule has 0 N–H and O–H groups in total. The van der Waals surface area contributed by atoms with E-state index in [0.717, 1.165) is 0 Å². The lowest BCUT2D eigenvalue weighted by molar-refractivity contribution is 0.0995. The van der Waals surface area contributed by atoms with E-state index in [1.807, 2.05) is 0 Å². The van der Waals surface area contributed by atoms with E-state index < -0.39 is 5.91 Å². The summed E-state index contributed by atoms with van der Waals surface area (Å²) in [5, 5.41) is 11.1. The van der Waals surface area contributed by atoms with Crippen LogP contribution in [-0.2, 0) is 0 Å². The van der Waals surface area contributed by atoms with Crippen LogP contribution in [0.15, 0.2) is 29.4 Å². The Bertz CT molecular complexity index is 641. The number of hydrogen-bond acceptors (Lipinski definition) is 3. The lowest BCUT2D eigenvalue weighted by Gasteiger charge is -2.02. The molecule has 0 atom stereocenters. The van der Waals surface area contributed by atoms with E-state index >= 15 is 0 Å². The summed E-state index contributed by atoms with van der Waals surface area (Å²) in [4.78, 5) is 13.8. The van der Waals surface area contributed by atoms with E-state index in [2.05, 4.69) is 20.3 Å². The summed E-state index contributed by atoms with van der Waals surface area (Å²) >= 11 is 5.78. The molecule has 0 aliphatic rings. The van der Waals surface area contributed by atoms with Crippen molar-refractivity contribution in [3.05, 3.63) is 51.1 Å². The molecule has 2 rings (SSSR count). The molecule has 2 aromatic rings. The fourth-order valence-corrected chi connectivity index (χ4v) is 1.57. The molecular weight excluding hydrogens is 256 g/mol. The van der Waals surface area contributed by atoms with Gasteiger partial charge in [-0.05, 0) is 41.8 Å². The van der Waals surface area contributed by atoms with Crippen LogP contribution in [0.25, 0.3) is 16.1 Å². The van der Waals surface area contributed by atoms with Crippen molar-refractivity contribution in [1.29, 1.82) is 0 Å². The summed E-state index contributed by atoms with van der Waals surface area (Å²) in [6.45, 7) is 1.66. The van der Waals surface area contributed by atoms with E-state index in [9.17, 15) is 4.79 Å². The second kappa shape index (κ2) is 4.87. The first kappa shape index (κ1) is 12.1. The second-order valence-corrected chi connectivity index (χ2v) is 3.84. The number of carbonyl (C=O) groups is 1. The Labute approximate surface area is 107 Å². The highest BCUT2D eigenvalue weighted by atomic mass is 35.5. The van der Waals surface area contributed by atoms with Crippen LogP contribution in [0.4, 0.5) is 0 Å². The number of carbonyl (C=O) groups excluding carboxylic acids is 1. The maximum Gasteiger partial charge on any atom is 0.271 e. The SMILES string of the molecule is Cc1c(C(=O)N=[N+]=[N-])nnn1-c1ccc(Cl)cc1. The predicted molar refractivity (Wildman–Crippen MR) is 64.6 cm³/mol. The molecule has 0 saturated carbocycles. The smallest absolute Gasteiger partial charge is 0.271 e. The van der Waals surface area contributed by atoms with Crippen LogP contribution in [0.5, 0.6) is 0 Å². The standard InChI is InChI=1S/C10H7ClN6O/c1-6-9(10(18)14-15-12)13-16-17(6)8-4-2-7(11)3-5-8/h2-5H,1H3. The molecule has 0 bridgehead atoms. The van der Waals surface area contributed by atoms with Gasteiger partial charge in [0.15, 0.2) is 5.69 Å². The number of benzene rings is 1. The third kappa shape index (κ3) is 2.17. The molecule has 1 aromatic heterocycles. The Balaban J connectivity index is 2.45. The molecule has 7 nitrogen and oxygen atoms in total. The summed E-state index contributed by atoms with van der Waals surface area (Å²) in [5.74, 6) is -0.754. The summed E-state index contributed by atoms with van der Waals surface area (Å²) < 4.78 is 1.47. The third-order valence-corrected chi connectivity index (χ3v) is 2.56. The number of aromatic nitrogens is 3. The Morgan fingerprint density at radius 2 is 2.11 bits per heavy atom. The second-order valence-electron chi connectivity index (χ2n) is 3.41. The van der Waals surface area contributed by atoms with E-state index in [1.54, 1.807) is 31.2 Å². The number of amides is 1. The van der Waals surface area contributed by atoms with Crippen LogP contribution in [0.1, 0.15) is 16.2 Å². The highest BCUT2D eigenvalue weighted by Crippen LogP contribution is 2.15. The molecule has 0 spiro atoms. The summed E-state index contributed by atoms with van der Waals surface area (Å²) in [7, 11) is 0. The van der Waals surface area contributed by atoms with Crippen LogP contribution in [0, 0.1) is 6.92 Å². The normalized spacial score (nSPS) is 9.89. The zero-order chi connectivity index (χ0) is 13.1. The molecule has 0 aliphatic carbocycles. The molecule has 90 valence electrons. The average Bonchev–Trinajstić information content (AvgIpc) is 2.73. The minimum absolute atomic E-state index is 0.0303. The maximum absolute atomic E-state index is 11.4. The fourth-order valence-electron chi connectivity index (χ4n) is 1.44. The minimum atomic E-state index is -0.754. The zero-order valence-corrected chi connectivity index (χ0v) is 10.0. The molecule has 0 fully saturated rings. The van der Waals surface area contributed by atoms with Crippen molar-refractivity contribution >= 4 is 17.5 Å². The molecule has 8 heteroatoms. The van der Waals surface area contributed by atoms with Gasteiger partial charge < -0.3 is 0 Å². The van der Waals surface area contributed by atoms with Crippen molar-refractivity contribution in [3.8, 4) is 5.69 Å². The molecule has 1 aromatic carbocycles. The number of nitrogens with zero attached hydrogens (tertiary/aromatic N) is 6. The number of hydrogen-bond donors (Lipinski definition) is 0. The molecule has 0 unspecified atom stereocenters. The average molecular weight is 263 g/mol. The first-order chi connectivity index (χ1) is 8.63. The van der Waals surface area contributed by atoms with Crippen molar-refractivity contribution in [3.63, 3.8) is 0 Å². The summed E-state index contributed by atoms with van der Waals surface area (Å²) in [6.07, 6.45) is 0. The molecule has 1 amide bonds. The van der Waals surface area contributed by atoms with Crippen molar-refractivity contribution < 1.29 is 4.79 Å². The van der Waals surface area contributed by atoms with Gasteiger partial charge >= 0.3 is 0 Å².